The van der Waals surface area contributed by atoms with Crippen molar-refractivity contribution >= 4 is 5.91 Å². The molecule has 2 atom stereocenters. The Kier molecular flexibility index (Phi) is 7.08. The second-order valence-electron chi connectivity index (χ2n) is 6.59. The zero-order chi connectivity index (χ0) is 18.4. The van der Waals surface area contributed by atoms with Crippen LogP contribution in [-0.4, -0.2) is 75.4 Å². The summed E-state index contributed by atoms with van der Waals surface area (Å²) in [5.41, 5.74) is 0.600. The third-order valence-electron chi connectivity index (χ3n) is 4.75. The third-order valence-corrected chi connectivity index (χ3v) is 4.75. The first kappa shape index (κ1) is 19.5. The van der Waals surface area contributed by atoms with E-state index in [1.54, 1.807) is 39.5 Å². The molecule has 0 spiro atoms. The van der Waals surface area contributed by atoms with Gasteiger partial charge in [0.05, 0.1) is 14.2 Å². The molecule has 0 N–H and O–H groups in total. The Morgan fingerprint density at radius 3 is 2.08 bits per heavy atom. The zero-order valence-electron chi connectivity index (χ0n) is 15.9. The minimum atomic E-state index is 0.0208. The van der Waals surface area contributed by atoms with Crippen LogP contribution in [0.2, 0.25) is 0 Å². The standard InChI is InChI=1S/C19H30N2O4/c1-14-12-20(13-15(2)21(14)7-6-8-23-3)19(22)16-9-17(24-4)11-18(10-16)25-5/h9-11,14-15H,6-8,12-13H2,1-5H3. The van der Waals surface area contributed by atoms with Gasteiger partial charge in [-0.2, -0.15) is 0 Å². The van der Waals surface area contributed by atoms with E-state index in [1.165, 1.54) is 0 Å². The molecule has 2 rings (SSSR count). The number of ether oxygens (including phenoxy) is 3. The number of carbonyl (C=O) groups excluding carboxylic acids is 1. The molecule has 1 amide bonds. The summed E-state index contributed by atoms with van der Waals surface area (Å²) >= 11 is 0. The van der Waals surface area contributed by atoms with E-state index in [-0.39, 0.29) is 5.91 Å². The molecule has 0 saturated carbocycles. The molecule has 0 bridgehead atoms. The predicted octanol–water partition coefficient (Wildman–Crippen LogP) is 2.28. The zero-order valence-corrected chi connectivity index (χ0v) is 15.9. The molecule has 6 heteroatoms. The summed E-state index contributed by atoms with van der Waals surface area (Å²) in [5.74, 6) is 1.27. The van der Waals surface area contributed by atoms with Crippen molar-refractivity contribution in [3.8, 4) is 11.5 Å². The highest BCUT2D eigenvalue weighted by atomic mass is 16.5. The van der Waals surface area contributed by atoms with Gasteiger partial charge < -0.3 is 19.1 Å². The average molecular weight is 350 g/mol. The molecule has 1 saturated heterocycles. The van der Waals surface area contributed by atoms with Gasteiger partial charge in [-0.25, -0.2) is 0 Å². The maximum Gasteiger partial charge on any atom is 0.254 e. The fourth-order valence-corrected chi connectivity index (χ4v) is 3.47. The number of nitrogens with zero attached hydrogens (tertiary/aromatic N) is 2. The molecule has 0 radical (unpaired) electrons. The fraction of sp³-hybridized carbons (Fsp3) is 0.632. The molecule has 1 heterocycles. The largest absolute Gasteiger partial charge is 0.497 e. The summed E-state index contributed by atoms with van der Waals surface area (Å²) in [4.78, 5) is 17.4. The topological polar surface area (TPSA) is 51.2 Å². The van der Waals surface area contributed by atoms with E-state index in [2.05, 4.69) is 18.7 Å². The van der Waals surface area contributed by atoms with E-state index in [0.29, 0.717) is 29.1 Å². The molecule has 0 aliphatic carbocycles. The van der Waals surface area contributed by atoms with Gasteiger partial charge in [0.2, 0.25) is 0 Å². The molecule has 2 unspecified atom stereocenters. The molecule has 6 nitrogen and oxygen atoms in total. The number of methoxy groups -OCH3 is 3. The molecule has 1 aliphatic rings. The van der Waals surface area contributed by atoms with E-state index in [0.717, 1.165) is 32.7 Å². The molecule has 140 valence electrons. The summed E-state index contributed by atoms with van der Waals surface area (Å²) in [6.45, 7) is 7.54. The van der Waals surface area contributed by atoms with Crippen LogP contribution in [0.3, 0.4) is 0 Å². The van der Waals surface area contributed by atoms with Crippen molar-refractivity contribution in [1.82, 2.24) is 9.80 Å². The van der Waals surface area contributed by atoms with Crippen LogP contribution in [-0.2, 0) is 4.74 Å². The quantitative estimate of drug-likeness (QED) is 0.706. The smallest absolute Gasteiger partial charge is 0.254 e. The lowest BCUT2D eigenvalue weighted by Gasteiger charge is -2.44. The van der Waals surface area contributed by atoms with Crippen molar-refractivity contribution in [2.45, 2.75) is 32.4 Å². The van der Waals surface area contributed by atoms with Gasteiger partial charge in [0.15, 0.2) is 0 Å². The number of rotatable bonds is 7. The Bertz CT molecular complexity index is 544. The van der Waals surface area contributed by atoms with Crippen LogP contribution < -0.4 is 9.47 Å². The molecule has 0 aromatic heterocycles. The Hall–Kier alpha value is -1.79. The third kappa shape index (κ3) is 4.86. The van der Waals surface area contributed by atoms with Crippen molar-refractivity contribution in [2.24, 2.45) is 0 Å². The molecule has 1 aromatic rings. The normalized spacial score (nSPS) is 21.2. The molecular weight excluding hydrogens is 320 g/mol. The first-order chi connectivity index (χ1) is 12.0. The van der Waals surface area contributed by atoms with Crippen LogP contribution in [0.15, 0.2) is 18.2 Å². The van der Waals surface area contributed by atoms with Crippen LogP contribution >= 0.6 is 0 Å². The molecular formula is C19H30N2O4. The molecule has 1 aliphatic heterocycles. The van der Waals surface area contributed by atoms with Gasteiger partial charge in [-0.15, -0.1) is 0 Å². The van der Waals surface area contributed by atoms with Gasteiger partial charge in [0, 0.05) is 57.1 Å². The van der Waals surface area contributed by atoms with Gasteiger partial charge in [-0.1, -0.05) is 0 Å². The van der Waals surface area contributed by atoms with Gasteiger partial charge >= 0.3 is 0 Å². The van der Waals surface area contributed by atoms with E-state index in [1.807, 2.05) is 4.90 Å². The number of benzene rings is 1. The first-order valence-corrected chi connectivity index (χ1v) is 8.77. The minimum absolute atomic E-state index is 0.0208. The number of piperazine rings is 1. The number of carbonyl (C=O) groups is 1. The second kappa shape index (κ2) is 9.06. The maximum atomic E-state index is 13.0. The van der Waals surface area contributed by atoms with E-state index in [9.17, 15) is 4.79 Å². The summed E-state index contributed by atoms with van der Waals surface area (Å²) < 4.78 is 15.7. The second-order valence-corrected chi connectivity index (χ2v) is 6.59. The van der Waals surface area contributed by atoms with Gasteiger partial charge in [-0.3, -0.25) is 9.69 Å². The van der Waals surface area contributed by atoms with Crippen molar-refractivity contribution in [1.29, 1.82) is 0 Å². The maximum absolute atomic E-state index is 13.0. The van der Waals surface area contributed by atoms with Crippen molar-refractivity contribution in [3.05, 3.63) is 23.8 Å². The SMILES string of the molecule is COCCCN1C(C)CN(C(=O)c2cc(OC)cc(OC)c2)CC1C. The first-order valence-electron chi connectivity index (χ1n) is 8.77. The highest BCUT2D eigenvalue weighted by molar-refractivity contribution is 5.95. The predicted molar refractivity (Wildman–Crippen MR) is 97.6 cm³/mol. The highest BCUT2D eigenvalue weighted by Crippen LogP contribution is 2.25. The van der Waals surface area contributed by atoms with Crippen LogP contribution in [0.1, 0.15) is 30.6 Å². The molecule has 25 heavy (non-hydrogen) atoms. The minimum Gasteiger partial charge on any atom is -0.497 e. The Morgan fingerprint density at radius 2 is 1.60 bits per heavy atom. The molecule has 1 fully saturated rings. The van der Waals surface area contributed by atoms with Crippen molar-refractivity contribution in [2.75, 3.05) is 47.6 Å². The summed E-state index contributed by atoms with van der Waals surface area (Å²) in [6.07, 6.45) is 1.01. The van der Waals surface area contributed by atoms with Crippen LogP contribution in [0.25, 0.3) is 0 Å². The molecule has 1 aromatic carbocycles. The van der Waals surface area contributed by atoms with Crippen LogP contribution in [0, 0.1) is 0 Å². The van der Waals surface area contributed by atoms with Crippen LogP contribution in [0.4, 0.5) is 0 Å². The van der Waals surface area contributed by atoms with Gasteiger partial charge in [0.25, 0.3) is 5.91 Å². The Balaban J connectivity index is 2.08. The highest BCUT2D eigenvalue weighted by Gasteiger charge is 2.32. The van der Waals surface area contributed by atoms with Crippen molar-refractivity contribution in [3.63, 3.8) is 0 Å². The van der Waals surface area contributed by atoms with Gasteiger partial charge in [-0.05, 0) is 32.4 Å². The van der Waals surface area contributed by atoms with E-state index < -0.39 is 0 Å². The van der Waals surface area contributed by atoms with Crippen LogP contribution in [0.5, 0.6) is 11.5 Å². The number of hydrogen-bond acceptors (Lipinski definition) is 5. The number of hydrogen-bond donors (Lipinski definition) is 0. The lowest BCUT2D eigenvalue weighted by molar-refractivity contribution is 0.0270. The monoisotopic (exact) mass is 350 g/mol. The summed E-state index contributed by atoms with van der Waals surface area (Å²) in [5, 5.41) is 0. The Morgan fingerprint density at radius 1 is 1.04 bits per heavy atom. The van der Waals surface area contributed by atoms with E-state index in [4.69, 9.17) is 14.2 Å². The summed E-state index contributed by atoms with van der Waals surface area (Å²) in [6, 6.07) is 5.95. The lowest BCUT2D eigenvalue weighted by atomic mass is 10.1. The van der Waals surface area contributed by atoms with E-state index >= 15 is 0 Å². The summed E-state index contributed by atoms with van der Waals surface area (Å²) in [7, 11) is 4.91. The average Bonchev–Trinajstić information content (AvgIpc) is 2.62. The number of amides is 1. The fourth-order valence-electron chi connectivity index (χ4n) is 3.47. The lowest BCUT2D eigenvalue weighted by Crippen LogP contribution is -2.58. The van der Waals surface area contributed by atoms with Crippen molar-refractivity contribution < 1.29 is 19.0 Å². The van der Waals surface area contributed by atoms with Gasteiger partial charge in [0.1, 0.15) is 11.5 Å². The Labute approximate surface area is 150 Å².